The van der Waals surface area contributed by atoms with Gasteiger partial charge in [0.2, 0.25) is 0 Å². The summed E-state index contributed by atoms with van der Waals surface area (Å²) in [7, 11) is 0. The van der Waals surface area contributed by atoms with Gasteiger partial charge in [0.15, 0.2) is 0 Å². The first-order valence-electron chi connectivity index (χ1n) is 6.09. The summed E-state index contributed by atoms with van der Waals surface area (Å²) in [6, 6.07) is 0. The van der Waals surface area contributed by atoms with E-state index in [9.17, 15) is 0 Å². The maximum absolute atomic E-state index is 5.43. The number of rotatable bonds is 7. The average Bonchev–Trinajstić information content (AvgIpc) is 2.30. The maximum atomic E-state index is 5.43. The highest BCUT2D eigenvalue weighted by Crippen LogP contribution is 2.35. The van der Waals surface area contributed by atoms with Crippen LogP contribution in [0.3, 0.4) is 0 Å². The van der Waals surface area contributed by atoms with Crippen molar-refractivity contribution in [2.75, 3.05) is 30.5 Å². The lowest BCUT2D eigenvalue weighted by molar-refractivity contribution is 0.0371. The normalized spacial score (nSPS) is 20.4. The van der Waals surface area contributed by atoms with E-state index < -0.39 is 0 Å². The largest absolute Gasteiger partial charge is 0.381 e. The SMILES string of the molecule is CCCCCSCC1(CS)CCOCC1. The van der Waals surface area contributed by atoms with Gasteiger partial charge in [0.25, 0.3) is 0 Å². The molecule has 90 valence electrons. The lowest BCUT2D eigenvalue weighted by atomic mass is 9.84. The van der Waals surface area contributed by atoms with Gasteiger partial charge >= 0.3 is 0 Å². The molecule has 0 radical (unpaired) electrons. The topological polar surface area (TPSA) is 9.23 Å². The Hall–Kier alpha value is 0.660. The molecule has 0 saturated carbocycles. The third-order valence-corrected chi connectivity index (χ3v) is 5.25. The summed E-state index contributed by atoms with van der Waals surface area (Å²) >= 11 is 6.64. The van der Waals surface area contributed by atoms with Gasteiger partial charge in [0, 0.05) is 13.2 Å². The van der Waals surface area contributed by atoms with Crippen LogP contribution in [0, 0.1) is 5.41 Å². The molecule has 3 heteroatoms. The fourth-order valence-electron chi connectivity index (χ4n) is 1.90. The summed E-state index contributed by atoms with van der Waals surface area (Å²) in [6.07, 6.45) is 6.49. The van der Waals surface area contributed by atoms with Gasteiger partial charge in [-0.15, -0.1) is 0 Å². The van der Waals surface area contributed by atoms with Crippen molar-refractivity contribution in [3.05, 3.63) is 0 Å². The second-order valence-corrected chi connectivity index (χ2v) is 5.95. The predicted molar refractivity (Wildman–Crippen MR) is 73.2 cm³/mol. The van der Waals surface area contributed by atoms with E-state index in [0.717, 1.165) is 19.0 Å². The molecule has 0 aromatic rings. The van der Waals surface area contributed by atoms with Crippen LogP contribution >= 0.6 is 24.4 Å². The molecular weight excluding hydrogens is 224 g/mol. The second-order valence-electron chi connectivity index (χ2n) is 4.53. The lowest BCUT2D eigenvalue weighted by Crippen LogP contribution is -2.33. The molecule has 1 saturated heterocycles. The van der Waals surface area contributed by atoms with Crippen molar-refractivity contribution in [1.82, 2.24) is 0 Å². The van der Waals surface area contributed by atoms with Crippen LogP contribution in [0.25, 0.3) is 0 Å². The van der Waals surface area contributed by atoms with Crippen LogP contribution in [0.5, 0.6) is 0 Å². The minimum Gasteiger partial charge on any atom is -0.381 e. The Balaban J connectivity index is 2.15. The molecule has 1 rings (SSSR count). The zero-order valence-electron chi connectivity index (χ0n) is 9.83. The van der Waals surface area contributed by atoms with Gasteiger partial charge in [0.1, 0.15) is 0 Å². The van der Waals surface area contributed by atoms with Crippen LogP contribution in [0.4, 0.5) is 0 Å². The fourth-order valence-corrected chi connectivity index (χ4v) is 3.85. The van der Waals surface area contributed by atoms with Crippen molar-refractivity contribution in [3.63, 3.8) is 0 Å². The molecule has 1 aliphatic rings. The third kappa shape index (κ3) is 5.01. The smallest absolute Gasteiger partial charge is 0.0471 e. The van der Waals surface area contributed by atoms with Crippen molar-refractivity contribution < 1.29 is 4.74 Å². The first-order valence-corrected chi connectivity index (χ1v) is 7.88. The van der Waals surface area contributed by atoms with E-state index in [4.69, 9.17) is 4.74 Å². The lowest BCUT2D eigenvalue weighted by Gasteiger charge is -2.35. The minimum atomic E-state index is 0.470. The van der Waals surface area contributed by atoms with Gasteiger partial charge in [0.05, 0.1) is 0 Å². The maximum Gasteiger partial charge on any atom is 0.0471 e. The van der Waals surface area contributed by atoms with Crippen LogP contribution in [-0.2, 0) is 4.74 Å². The monoisotopic (exact) mass is 248 g/mol. The minimum absolute atomic E-state index is 0.470. The molecule has 0 N–H and O–H groups in total. The molecule has 0 aromatic carbocycles. The molecule has 0 unspecified atom stereocenters. The van der Waals surface area contributed by atoms with Crippen LogP contribution in [0.15, 0.2) is 0 Å². The molecule has 0 spiro atoms. The van der Waals surface area contributed by atoms with Crippen molar-refractivity contribution in [2.45, 2.75) is 39.0 Å². The van der Waals surface area contributed by atoms with Gasteiger partial charge in [-0.05, 0) is 41.9 Å². The summed E-state index contributed by atoms with van der Waals surface area (Å²) in [5, 5.41) is 0. The molecule has 0 bridgehead atoms. The Labute approximate surface area is 104 Å². The predicted octanol–water partition coefficient (Wildman–Crippen LogP) is 3.64. The van der Waals surface area contributed by atoms with Gasteiger partial charge < -0.3 is 4.74 Å². The van der Waals surface area contributed by atoms with E-state index in [0.29, 0.717) is 5.41 Å². The van der Waals surface area contributed by atoms with E-state index >= 15 is 0 Å². The number of hydrogen-bond donors (Lipinski definition) is 1. The Morgan fingerprint density at radius 3 is 2.60 bits per heavy atom. The van der Waals surface area contributed by atoms with Gasteiger partial charge in [-0.3, -0.25) is 0 Å². The Morgan fingerprint density at radius 1 is 1.27 bits per heavy atom. The van der Waals surface area contributed by atoms with Crippen LogP contribution in [-0.4, -0.2) is 30.5 Å². The Bertz CT molecular complexity index is 156. The summed E-state index contributed by atoms with van der Waals surface area (Å²) in [5.74, 6) is 3.63. The van der Waals surface area contributed by atoms with E-state index in [2.05, 4.69) is 31.3 Å². The molecule has 1 nitrogen and oxygen atoms in total. The summed E-state index contributed by atoms with van der Waals surface area (Å²) < 4.78 is 5.43. The van der Waals surface area contributed by atoms with Crippen molar-refractivity contribution >= 4 is 24.4 Å². The van der Waals surface area contributed by atoms with Crippen molar-refractivity contribution in [2.24, 2.45) is 5.41 Å². The zero-order chi connectivity index (χ0) is 11.0. The van der Waals surface area contributed by atoms with E-state index in [1.807, 2.05) is 0 Å². The van der Waals surface area contributed by atoms with Crippen molar-refractivity contribution in [1.29, 1.82) is 0 Å². The number of thioether (sulfide) groups is 1. The number of thiol groups is 1. The highest BCUT2D eigenvalue weighted by atomic mass is 32.2. The Morgan fingerprint density at radius 2 is 2.00 bits per heavy atom. The van der Waals surface area contributed by atoms with Gasteiger partial charge in [-0.1, -0.05) is 19.8 Å². The molecule has 0 atom stereocenters. The number of hydrogen-bond acceptors (Lipinski definition) is 3. The highest BCUT2D eigenvalue weighted by molar-refractivity contribution is 7.99. The molecule has 0 aliphatic carbocycles. The van der Waals surface area contributed by atoms with Crippen LogP contribution in [0.1, 0.15) is 39.0 Å². The first-order chi connectivity index (χ1) is 7.33. The fraction of sp³-hybridized carbons (Fsp3) is 1.00. The highest BCUT2D eigenvalue weighted by Gasteiger charge is 2.30. The second kappa shape index (κ2) is 7.86. The standard InChI is InChI=1S/C12H24OS2/c1-2-3-4-9-15-11-12(10-14)5-7-13-8-6-12/h14H,2-11H2,1H3. The molecular formula is C12H24OS2. The van der Waals surface area contributed by atoms with Crippen LogP contribution in [0.2, 0.25) is 0 Å². The first kappa shape index (κ1) is 13.7. The molecule has 0 amide bonds. The molecule has 0 aromatic heterocycles. The number of unbranched alkanes of at least 4 members (excludes halogenated alkanes) is 2. The summed E-state index contributed by atoms with van der Waals surface area (Å²) in [4.78, 5) is 0. The molecule has 1 fully saturated rings. The van der Waals surface area contributed by atoms with E-state index in [1.165, 1.54) is 43.6 Å². The molecule has 1 aliphatic heterocycles. The Kier molecular flexibility index (Phi) is 7.19. The average molecular weight is 248 g/mol. The van der Waals surface area contributed by atoms with E-state index in [-0.39, 0.29) is 0 Å². The van der Waals surface area contributed by atoms with Gasteiger partial charge in [-0.25, -0.2) is 0 Å². The van der Waals surface area contributed by atoms with Crippen LogP contribution < -0.4 is 0 Å². The van der Waals surface area contributed by atoms with Crippen molar-refractivity contribution in [3.8, 4) is 0 Å². The van der Waals surface area contributed by atoms with Gasteiger partial charge in [-0.2, -0.15) is 24.4 Å². The molecule has 15 heavy (non-hydrogen) atoms. The van der Waals surface area contributed by atoms with E-state index in [1.54, 1.807) is 0 Å². The summed E-state index contributed by atoms with van der Waals surface area (Å²) in [5.41, 5.74) is 0.470. The zero-order valence-corrected chi connectivity index (χ0v) is 11.5. The molecule has 1 heterocycles. The summed E-state index contributed by atoms with van der Waals surface area (Å²) in [6.45, 7) is 4.14. The quantitative estimate of drug-likeness (QED) is 0.544. The third-order valence-electron chi connectivity index (χ3n) is 3.19. The number of ether oxygens (including phenoxy) is 1.